The van der Waals surface area contributed by atoms with Crippen LogP contribution in [-0.4, -0.2) is 53.5 Å². The minimum Gasteiger partial charge on any atom is -0.456 e. The summed E-state index contributed by atoms with van der Waals surface area (Å²) in [5.74, 6) is 1.98. The summed E-state index contributed by atoms with van der Waals surface area (Å²) in [6, 6.07) is 9.28. The summed E-state index contributed by atoms with van der Waals surface area (Å²) >= 11 is 6.72. The van der Waals surface area contributed by atoms with Gasteiger partial charge in [-0.25, -0.2) is 9.97 Å². The highest BCUT2D eigenvalue weighted by molar-refractivity contribution is 6.36. The average Bonchev–Trinajstić information content (AvgIpc) is 3.46. The van der Waals surface area contributed by atoms with Gasteiger partial charge in [-0.1, -0.05) is 11.6 Å². The number of piperidine rings is 1. The molecule has 0 atom stereocenters. The fourth-order valence-corrected chi connectivity index (χ4v) is 4.73. The Labute approximate surface area is 206 Å². The molecule has 0 saturated carbocycles. The fraction of sp³-hybridized carbons (Fsp3) is 0.280. The summed E-state index contributed by atoms with van der Waals surface area (Å²) in [5, 5.41) is 18.9. The maximum absolute atomic E-state index is 10.8. The van der Waals surface area contributed by atoms with Crippen molar-refractivity contribution in [2.24, 2.45) is 0 Å². The van der Waals surface area contributed by atoms with E-state index in [2.05, 4.69) is 25.4 Å². The molecule has 2 aromatic carbocycles. The highest BCUT2D eigenvalue weighted by atomic mass is 35.5. The van der Waals surface area contributed by atoms with Crippen molar-refractivity contribution in [1.82, 2.24) is 35.0 Å². The average molecular weight is 490 g/mol. The van der Waals surface area contributed by atoms with Gasteiger partial charge >= 0.3 is 0 Å². The van der Waals surface area contributed by atoms with Crippen LogP contribution in [0.3, 0.4) is 0 Å². The molecule has 1 saturated heterocycles. The third-order valence-electron chi connectivity index (χ3n) is 6.34. The number of hydrogen-bond acceptors (Lipinski definition) is 7. The molecule has 3 N–H and O–H groups in total. The number of ether oxygens (including phenoxy) is 1. The highest BCUT2D eigenvalue weighted by Gasteiger charge is 2.30. The van der Waals surface area contributed by atoms with Gasteiger partial charge in [0.25, 0.3) is 0 Å². The van der Waals surface area contributed by atoms with Crippen LogP contribution in [0.15, 0.2) is 48.9 Å². The first kappa shape index (κ1) is 22.0. The Morgan fingerprint density at radius 2 is 1.94 bits per heavy atom. The van der Waals surface area contributed by atoms with Gasteiger partial charge < -0.3 is 20.1 Å². The summed E-state index contributed by atoms with van der Waals surface area (Å²) < 4.78 is 7.85. The summed E-state index contributed by atoms with van der Waals surface area (Å²) in [6.45, 7) is 3.96. The number of halogens is 1. The largest absolute Gasteiger partial charge is 0.456 e. The number of nitrogens with one attached hydrogen (secondary N) is 2. The van der Waals surface area contributed by atoms with Crippen LogP contribution in [0.1, 0.15) is 18.7 Å². The zero-order valence-corrected chi connectivity index (χ0v) is 19.9. The van der Waals surface area contributed by atoms with Crippen LogP contribution in [0.2, 0.25) is 5.02 Å². The number of hydrogen-bond donors (Lipinski definition) is 3. The van der Waals surface area contributed by atoms with E-state index >= 15 is 0 Å². The lowest BCUT2D eigenvalue weighted by molar-refractivity contribution is -0.00821. The summed E-state index contributed by atoms with van der Waals surface area (Å²) in [7, 11) is 0. The van der Waals surface area contributed by atoms with Gasteiger partial charge in [-0.2, -0.15) is 5.10 Å². The van der Waals surface area contributed by atoms with Gasteiger partial charge in [-0.05, 0) is 57.1 Å². The Kier molecular flexibility index (Phi) is 5.40. The maximum Gasteiger partial charge on any atom is 0.148 e. The topological polar surface area (TPSA) is 114 Å². The van der Waals surface area contributed by atoms with Gasteiger partial charge in [-0.15, -0.1) is 0 Å². The minimum absolute atomic E-state index is 0.383. The number of aryl methyl sites for hydroxylation is 1. The Morgan fingerprint density at radius 1 is 1.11 bits per heavy atom. The third-order valence-corrected chi connectivity index (χ3v) is 6.70. The Morgan fingerprint density at radius 3 is 2.80 bits per heavy atom. The standard InChI is InChI=1S/C25H24ClN7O2/c1-15-30-18-3-2-17(10-20(18)31-15)35-22-5-4-19-24(23(22)26)32-21(12-28-19)16-11-29-33(13-16)14-25(34)6-8-27-9-7-25/h2-5,10-13,27,34H,6-9,14H2,1H3,(H,30,31). The third kappa shape index (κ3) is 4.34. The summed E-state index contributed by atoms with van der Waals surface area (Å²) in [6.07, 6.45) is 6.71. The molecular formula is C25H24ClN7O2. The SMILES string of the molecule is Cc1nc2ccc(Oc3ccc4ncc(-c5cnn(CC6(O)CCNCC6)c5)nc4c3Cl)cc2[nH]1. The van der Waals surface area contributed by atoms with Crippen molar-refractivity contribution in [2.75, 3.05) is 13.1 Å². The molecule has 6 rings (SSSR count). The monoisotopic (exact) mass is 489 g/mol. The molecule has 0 spiro atoms. The van der Waals surface area contributed by atoms with Crippen LogP contribution < -0.4 is 10.1 Å². The molecule has 3 aromatic heterocycles. The van der Waals surface area contributed by atoms with Crippen molar-refractivity contribution in [2.45, 2.75) is 31.9 Å². The number of imidazole rings is 1. The number of aliphatic hydroxyl groups is 1. The molecule has 9 nitrogen and oxygen atoms in total. The van der Waals surface area contributed by atoms with Gasteiger partial charge in [0.15, 0.2) is 0 Å². The second kappa shape index (κ2) is 8.60. The molecule has 0 radical (unpaired) electrons. The smallest absolute Gasteiger partial charge is 0.148 e. The van der Waals surface area contributed by atoms with Crippen LogP contribution in [0.5, 0.6) is 11.5 Å². The zero-order valence-electron chi connectivity index (χ0n) is 19.1. The molecule has 178 valence electrons. The van der Waals surface area contributed by atoms with E-state index < -0.39 is 5.60 Å². The van der Waals surface area contributed by atoms with Crippen LogP contribution in [0.4, 0.5) is 0 Å². The fourth-order valence-electron chi connectivity index (χ4n) is 4.49. The van der Waals surface area contributed by atoms with Crippen molar-refractivity contribution >= 4 is 33.7 Å². The van der Waals surface area contributed by atoms with E-state index in [-0.39, 0.29) is 0 Å². The molecular weight excluding hydrogens is 466 g/mol. The molecule has 35 heavy (non-hydrogen) atoms. The number of fused-ring (bicyclic) bond motifs is 2. The summed E-state index contributed by atoms with van der Waals surface area (Å²) in [4.78, 5) is 16.9. The van der Waals surface area contributed by atoms with E-state index in [0.29, 0.717) is 52.6 Å². The maximum atomic E-state index is 10.8. The molecule has 4 heterocycles. The lowest BCUT2D eigenvalue weighted by Crippen LogP contribution is -2.44. The van der Waals surface area contributed by atoms with Crippen LogP contribution in [0.25, 0.3) is 33.3 Å². The molecule has 1 fully saturated rings. The minimum atomic E-state index is -0.753. The second-order valence-electron chi connectivity index (χ2n) is 9.00. The lowest BCUT2D eigenvalue weighted by atomic mass is 9.92. The highest BCUT2D eigenvalue weighted by Crippen LogP contribution is 2.35. The van der Waals surface area contributed by atoms with Gasteiger partial charge in [0.1, 0.15) is 27.9 Å². The first-order valence-corrected chi connectivity index (χ1v) is 11.9. The second-order valence-corrected chi connectivity index (χ2v) is 9.38. The van der Waals surface area contributed by atoms with E-state index in [9.17, 15) is 5.11 Å². The van der Waals surface area contributed by atoms with Gasteiger partial charge in [-0.3, -0.25) is 9.67 Å². The molecule has 5 aromatic rings. The molecule has 0 bridgehead atoms. The van der Waals surface area contributed by atoms with E-state index in [4.69, 9.17) is 21.3 Å². The van der Waals surface area contributed by atoms with Crippen molar-refractivity contribution in [1.29, 1.82) is 0 Å². The van der Waals surface area contributed by atoms with E-state index in [1.165, 1.54) is 0 Å². The number of H-pyrrole nitrogens is 1. The first-order valence-electron chi connectivity index (χ1n) is 11.5. The van der Waals surface area contributed by atoms with E-state index in [1.54, 1.807) is 23.1 Å². The van der Waals surface area contributed by atoms with Crippen molar-refractivity contribution in [3.63, 3.8) is 0 Å². The predicted molar refractivity (Wildman–Crippen MR) is 134 cm³/mol. The molecule has 10 heteroatoms. The Balaban J connectivity index is 1.28. The molecule has 0 amide bonds. The van der Waals surface area contributed by atoms with Crippen molar-refractivity contribution < 1.29 is 9.84 Å². The molecule has 0 unspecified atom stereocenters. The number of rotatable bonds is 5. The predicted octanol–water partition coefficient (Wildman–Crippen LogP) is 4.24. The summed E-state index contributed by atoms with van der Waals surface area (Å²) in [5.41, 5.74) is 3.69. The quantitative estimate of drug-likeness (QED) is 0.338. The zero-order chi connectivity index (χ0) is 24.0. The van der Waals surface area contributed by atoms with Gasteiger partial charge in [0, 0.05) is 17.8 Å². The molecule has 1 aliphatic heterocycles. The molecule has 1 aliphatic rings. The first-order chi connectivity index (χ1) is 17.0. The van der Waals surface area contributed by atoms with Crippen molar-refractivity contribution in [3.05, 3.63) is 59.8 Å². The molecule has 0 aliphatic carbocycles. The van der Waals surface area contributed by atoms with E-state index in [1.807, 2.05) is 37.4 Å². The van der Waals surface area contributed by atoms with Crippen LogP contribution in [0, 0.1) is 6.92 Å². The van der Waals surface area contributed by atoms with Crippen LogP contribution >= 0.6 is 11.6 Å². The number of benzene rings is 2. The lowest BCUT2D eigenvalue weighted by Gasteiger charge is -2.32. The Bertz CT molecular complexity index is 1540. The van der Waals surface area contributed by atoms with E-state index in [0.717, 1.165) is 35.5 Å². The number of aromatic nitrogens is 6. The Hall–Kier alpha value is -3.53. The number of nitrogens with zero attached hydrogens (tertiary/aromatic N) is 5. The van der Waals surface area contributed by atoms with Crippen molar-refractivity contribution in [3.8, 4) is 22.8 Å². The van der Waals surface area contributed by atoms with Gasteiger partial charge in [0.05, 0.1) is 46.8 Å². The van der Waals surface area contributed by atoms with Crippen LogP contribution in [-0.2, 0) is 6.54 Å². The normalized spacial score (nSPS) is 15.6. The van der Waals surface area contributed by atoms with Gasteiger partial charge in [0.2, 0.25) is 0 Å². The number of aromatic amines is 1.